The van der Waals surface area contributed by atoms with Gasteiger partial charge in [0.1, 0.15) is 0 Å². The van der Waals surface area contributed by atoms with Gasteiger partial charge in [0.15, 0.2) is 17.6 Å². The van der Waals surface area contributed by atoms with Gasteiger partial charge in [0.2, 0.25) is 0 Å². The summed E-state index contributed by atoms with van der Waals surface area (Å²) in [6.07, 6.45) is 2.53. The summed E-state index contributed by atoms with van der Waals surface area (Å²) in [5, 5.41) is 10.1. The highest BCUT2D eigenvalue weighted by molar-refractivity contribution is 5.80. The minimum absolute atomic E-state index is 0.191. The van der Waals surface area contributed by atoms with Gasteiger partial charge in [0.05, 0.1) is 13.2 Å². The van der Waals surface area contributed by atoms with E-state index in [1.807, 2.05) is 11.8 Å². The lowest BCUT2D eigenvalue weighted by Gasteiger charge is -2.20. The number of nitrogens with zero attached hydrogens (tertiary/aromatic N) is 3. The number of guanidine groups is 1. The Hall–Kier alpha value is -2.87. The van der Waals surface area contributed by atoms with Crippen molar-refractivity contribution in [1.29, 1.82) is 0 Å². The molecule has 1 fully saturated rings. The normalized spacial score (nSPS) is 16.6. The standard InChI is InChI=1S/C22H31FN6O/c1-3-24-22(27-15-17-6-8-18(9-7-17)25-12-14-30-2)28-19-10-13-29(16-19)21-20(23)5-4-11-26-21/h4-9,11,19,25H,3,10,12-16H2,1-2H3,(H2,24,27,28). The zero-order chi connectivity index (χ0) is 21.2. The molecule has 3 N–H and O–H groups in total. The summed E-state index contributed by atoms with van der Waals surface area (Å²) in [5.74, 6) is 0.912. The number of rotatable bonds is 9. The van der Waals surface area contributed by atoms with Crippen molar-refractivity contribution < 1.29 is 9.13 Å². The summed E-state index contributed by atoms with van der Waals surface area (Å²) in [5.41, 5.74) is 2.20. The molecule has 8 heteroatoms. The number of halogens is 1. The van der Waals surface area contributed by atoms with Crippen LogP contribution in [0.2, 0.25) is 0 Å². The summed E-state index contributed by atoms with van der Waals surface area (Å²) < 4.78 is 19.1. The first-order valence-electron chi connectivity index (χ1n) is 10.4. The SMILES string of the molecule is CCNC(=NCc1ccc(NCCOC)cc1)NC1CCN(c2ncccc2F)C1. The molecule has 1 aliphatic heterocycles. The summed E-state index contributed by atoms with van der Waals surface area (Å²) >= 11 is 0. The van der Waals surface area contributed by atoms with Crippen LogP contribution in [0.15, 0.2) is 47.6 Å². The lowest BCUT2D eigenvalue weighted by molar-refractivity contribution is 0.211. The van der Waals surface area contributed by atoms with Crippen molar-refractivity contribution in [2.75, 3.05) is 50.1 Å². The van der Waals surface area contributed by atoms with E-state index in [9.17, 15) is 4.39 Å². The number of aromatic nitrogens is 1. The number of nitrogens with one attached hydrogen (secondary N) is 3. The quantitative estimate of drug-likeness (QED) is 0.333. The lowest BCUT2D eigenvalue weighted by Crippen LogP contribution is -2.44. The average molecular weight is 415 g/mol. The Bertz CT molecular complexity index is 814. The van der Waals surface area contributed by atoms with Gasteiger partial charge in [-0.3, -0.25) is 0 Å². The summed E-state index contributed by atoms with van der Waals surface area (Å²) in [6, 6.07) is 11.5. The minimum Gasteiger partial charge on any atom is -0.383 e. The molecule has 0 amide bonds. The predicted molar refractivity (Wildman–Crippen MR) is 120 cm³/mol. The van der Waals surface area contributed by atoms with E-state index in [1.54, 1.807) is 19.4 Å². The van der Waals surface area contributed by atoms with Crippen molar-refractivity contribution in [2.24, 2.45) is 4.99 Å². The molecule has 1 unspecified atom stereocenters. The largest absolute Gasteiger partial charge is 0.383 e. The minimum atomic E-state index is -0.279. The molecule has 0 aliphatic carbocycles. The molecule has 1 aromatic carbocycles. The van der Waals surface area contributed by atoms with E-state index in [0.29, 0.717) is 25.5 Å². The molecular weight excluding hydrogens is 383 g/mol. The van der Waals surface area contributed by atoms with Crippen LogP contribution in [-0.2, 0) is 11.3 Å². The predicted octanol–water partition coefficient (Wildman–Crippen LogP) is 2.61. The molecule has 1 aliphatic rings. The first kappa shape index (κ1) is 21.8. The van der Waals surface area contributed by atoms with Gasteiger partial charge in [0, 0.05) is 51.2 Å². The van der Waals surface area contributed by atoms with Gasteiger partial charge in [-0.25, -0.2) is 14.4 Å². The Morgan fingerprint density at radius 2 is 2.13 bits per heavy atom. The molecule has 7 nitrogen and oxygen atoms in total. The van der Waals surface area contributed by atoms with Gasteiger partial charge in [-0.15, -0.1) is 0 Å². The van der Waals surface area contributed by atoms with E-state index >= 15 is 0 Å². The molecule has 30 heavy (non-hydrogen) atoms. The highest BCUT2D eigenvalue weighted by atomic mass is 19.1. The highest BCUT2D eigenvalue weighted by Gasteiger charge is 2.25. The maximum absolute atomic E-state index is 14.0. The van der Waals surface area contributed by atoms with Crippen LogP contribution in [-0.4, -0.2) is 56.9 Å². The number of anilines is 2. The summed E-state index contributed by atoms with van der Waals surface area (Å²) in [4.78, 5) is 10.9. The highest BCUT2D eigenvalue weighted by Crippen LogP contribution is 2.20. The Labute approximate surface area is 177 Å². The average Bonchev–Trinajstić information content (AvgIpc) is 3.22. The van der Waals surface area contributed by atoms with E-state index in [1.165, 1.54) is 6.07 Å². The monoisotopic (exact) mass is 414 g/mol. The molecule has 0 saturated carbocycles. The van der Waals surface area contributed by atoms with Crippen molar-refractivity contribution in [3.05, 3.63) is 54.0 Å². The third-order valence-electron chi connectivity index (χ3n) is 4.92. The molecule has 1 atom stereocenters. The van der Waals surface area contributed by atoms with E-state index in [4.69, 9.17) is 9.73 Å². The fraction of sp³-hybridized carbons (Fsp3) is 0.455. The number of methoxy groups -OCH3 is 1. The summed E-state index contributed by atoms with van der Waals surface area (Å²) in [7, 11) is 1.69. The second-order valence-corrected chi connectivity index (χ2v) is 7.20. The van der Waals surface area contributed by atoms with Crippen LogP contribution in [0.5, 0.6) is 0 Å². The Morgan fingerprint density at radius 3 is 2.87 bits per heavy atom. The number of aliphatic imine (C=N–C) groups is 1. The number of benzene rings is 1. The molecule has 0 spiro atoms. The zero-order valence-electron chi connectivity index (χ0n) is 17.7. The van der Waals surface area contributed by atoms with Crippen molar-refractivity contribution in [3.63, 3.8) is 0 Å². The number of hydrogen-bond donors (Lipinski definition) is 3. The van der Waals surface area contributed by atoms with Crippen LogP contribution in [0.4, 0.5) is 15.9 Å². The molecule has 162 valence electrons. The number of hydrogen-bond acceptors (Lipinski definition) is 5. The third-order valence-corrected chi connectivity index (χ3v) is 4.92. The molecule has 2 heterocycles. The third kappa shape index (κ3) is 6.32. The van der Waals surface area contributed by atoms with Crippen LogP contribution in [0, 0.1) is 5.82 Å². The van der Waals surface area contributed by atoms with Crippen LogP contribution in [0.25, 0.3) is 0 Å². The molecular formula is C22H31FN6O. The van der Waals surface area contributed by atoms with Crippen molar-refractivity contribution in [1.82, 2.24) is 15.6 Å². The fourth-order valence-corrected chi connectivity index (χ4v) is 3.39. The van der Waals surface area contributed by atoms with E-state index in [0.717, 1.165) is 43.3 Å². The zero-order valence-corrected chi connectivity index (χ0v) is 17.7. The van der Waals surface area contributed by atoms with E-state index in [2.05, 4.69) is 45.2 Å². The fourth-order valence-electron chi connectivity index (χ4n) is 3.39. The van der Waals surface area contributed by atoms with Gasteiger partial charge in [0.25, 0.3) is 0 Å². The lowest BCUT2D eigenvalue weighted by atomic mass is 10.2. The maximum Gasteiger partial charge on any atom is 0.191 e. The first-order valence-corrected chi connectivity index (χ1v) is 10.4. The molecule has 0 bridgehead atoms. The van der Waals surface area contributed by atoms with Crippen LogP contribution < -0.4 is 20.9 Å². The van der Waals surface area contributed by atoms with Crippen molar-refractivity contribution in [2.45, 2.75) is 25.9 Å². The molecule has 3 rings (SSSR count). The number of pyridine rings is 1. The van der Waals surface area contributed by atoms with E-state index in [-0.39, 0.29) is 11.9 Å². The van der Waals surface area contributed by atoms with Crippen LogP contribution in [0.3, 0.4) is 0 Å². The Kier molecular flexibility index (Phi) is 8.26. The second-order valence-electron chi connectivity index (χ2n) is 7.20. The van der Waals surface area contributed by atoms with Gasteiger partial charge >= 0.3 is 0 Å². The smallest absolute Gasteiger partial charge is 0.191 e. The van der Waals surface area contributed by atoms with E-state index < -0.39 is 0 Å². The Morgan fingerprint density at radius 1 is 1.30 bits per heavy atom. The second kappa shape index (κ2) is 11.3. The van der Waals surface area contributed by atoms with Crippen LogP contribution in [0.1, 0.15) is 18.9 Å². The van der Waals surface area contributed by atoms with Crippen LogP contribution >= 0.6 is 0 Å². The van der Waals surface area contributed by atoms with Gasteiger partial charge in [-0.1, -0.05) is 12.1 Å². The first-order chi connectivity index (χ1) is 14.7. The molecule has 1 saturated heterocycles. The molecule has 1 aromatic heterocycles. The Balaban J connectivity index is 1.54. The van der Waals surface area contributed by atoms with Crippen molar-refractivity contribution >= 4 is 17.5 Å². The van der Waals surface area contributed by atoms with Gasteiger partial charge in [-0.05, 0) is 43.2 Å². The molecule has 2 aromatic rings. The summed E-state index contributed by atoms with van der Waals surface area (Å²) in [6.45, 7) is 6.32. The molecule has 0 radical (unpaired) electrons. The maximum atomic E-state index is 14.0. The van der Waals surface area contributed by atoms with Gasteiger partial charge < -0.3 is 25.6 Å². The van der Waals surface area contributed by atoms with Crippen molar-refractivity contribution in [3.8, 4) is 0 Å². The van der Waals surface area contributed by atoms with Gasteiger partial charge in [-0.2, -0.15) is 0 Å². The number of ether oxygens (including phenoxy) is 1. The topological polar surface area (TPSA) is 73.8 Å².